The van der Waals surface area contributed by atoms with Crippen LogP contribution < -0.4 is 0 Å². The molecule has 4 nitrogen and oxygen atoms in total. The van der Waals surface area contributed by atoms with E-state index in [-0.39, 0.29) is 12.6 Å². The number of hydrogen-bond acceptors (Lipinski definition) is 4. The Morgan fingerprint density at radius 1 is 1.50 bits per heavy atom. The topological polar surface area (TPSA) is 57.6 Å². The highest BCUT2D eigenvalue weighted by atomic mass is 32.2. The zero-order valence-corrected chi connectivity index (χ0v) is 12.4. The molecule has 1 aromatic rings. The van der Waals surface area contributed by atoms with Gasteiger partial charge in [-0.25, -0.2) is 8.42 Å². The summed E-state index contributed by atoms with van der Waals surface area (Å²) in [6.45, 7) is 4.12. The molecule has 1 atom stereocenters. The fraction of sp³-hybridized carbons (Fsp3) is 0.667. The molecule has 1 aliphatic heterocycles. The predicted octanol–water partition coefficient (Wildman–Crippen LogP) is 2.11. The number of aliphatic hydroxyl groups is 1. The summed E-state index contributed by atoms with van der Waals surface area (Å²) < 4.78 is 26.9. The fourth-order valence-electron chi connectivity index (χ4n) is 2.49. The van der Waals surface area contributed by atoms with Gasteiger partial charge in [0.1, 0.15) is 4.90 Å². The number of nitrogens with zero attached hydrogens (tertiary/aromatic N) is 1. The van der Waals surface area contributed by atoms with Crippen molar-refractivity contribution in [3.8, 4) is 0 Å². The number of aryl methyl sites for hydroxylation is 1. The first kappa shape index (κ1) is 14.0. The predicted molar refractivity (Wildman–Crippen MR) is 72.2 cm³/mol. The Kier molecular flexibility index (Phi) is 4.11. The van der Waals surface area contributed by atoms with E-state index in [1.165, 1.54) is 11.3 Å². The minimum absolute atomic E-state index is 0.0505. The van der Waals surface area contributed by atoms with Crippen LogP contribution in [-0.4, -0.2) is 30.4 Å². The van der Waals surface area contributed by atoms with E-state index < -0.39 is 10.0 Å². The normalized spacial score (nSPS) is 22.3. The lowest BCUT2D eigenvalue weighted by atomic mass is 10.1. The van der Waals surface area contributed by atoms with E-state index in [0.717, 1.165) is 24.8 Å². The van der Waals surface area contributed by atoms with Gasteiger partial charge in [0, 0.05) is 12.6 Å². The van der Waals surface area contributed by atoms with Gasteiger partial charge >= 0.3 is 0 Å². The van der Waals surface area contributed by atoms with Crippen molar-refractivity contribution in [2.24, 2.45) is 0 Å². The number of aliphatic hydroxyl groups excluding tert-OH is 1. The number of sulfonamides is 1. The molecule has 0 saturated carbocycles. The Hall–Kier alpha value is -0.430. The van der Waals surface area contributed by atoms with Crippen molar-refractivity contribution >= 4 is 21.4 Å². The molecule has 2 rings (SSSR count). The second kappa shape index (κ2) is 5.28. The summed E-state index contributed by atoms with van der Waals surface area (Å²) in [6, 6.07) is 0.0505. The molecule has 0 radical (unpaired) electrons. The van der Waals surface area contributed by atoms with Crippen molar-refractivity contribution in [2.75, 3.05) is 6.54 Å². The van der Waals surface area contributed by atoms with E-state index >= 15 is 0 Å². The van der Waals surface area contributed by atoms with Crippen LogP contribution in [0, 0.1) is 6.92 Å². The average molecular weight is 289 g/mol. The third kappa shape index (κ3) is 2.34. The highest BCUT2D eigenvalue weighted by molar-refractivity contribution is 7.89. The van der Waals surface area contributed by atoms with Crippen molar-refractivity contribution in [1.29, 1.82) is 0 Å². The Balaban J connectivity index is 2.44. The van der Waals surface area contributed by atoms with Crippen molar-refractivity contribution in [3.63, 3.8) is 0 Å². The molecule has 6 heteroatoms. The molecule has 0 aliphatic carbocycles. The third-order valence-electron chi connectivity index (χ3n) is 3.44. The summed E-state index contributed by atoms with van der Waals surface area (Å²) in [6.07, 6.45) is 2.92. The van der Waals surface area contributed by atoms with E-state index in [1.54, 1.807) is 16.6 Å². The Bertz CT molecular complexity index is 521. The van der Waals surface area contributed by atoms with Crippen molar-refractivity contribution in [3.05, 3.63) is 15.8 Å². The SMILES string of the molecule is Cc1csc(CO)c1S(=O)(=O)N1CCCCC1C. The summed E-state index contributed by atoms with van der Waals surface area (Å²) in [7, 11) is -3.46. The first-order valence-electron chi connectivity index (χ1n) is 6.18. The minimum atomic E-state index is -3.46. The van der Waals surface area contributed by atoms with Crippen LogP contribution in [0.25, 0.3) is 0 Å². The number of hydrogen-bond donors (Lipinski definition) is 1. The number of piperidine rings is 1. The maximum Gasteiger partial charge on any atom is 0.244 e. The Morgan fingerprint density at radius 2 is 2.22 bits per heavy atom. The molecule has 18 heavy (non-hydrogen) atoms. The number of rotatable bonds is 3. The van der Waals surface area contributed by atoms with Gasteiger partial charge in [0.25, 0.3) is 0 Å². The van der Waals surface area contributed by atoms with Crippen molar-refractivity contribution in [1.82, 2.24) is 4.31 Å². The Labute approximate surface area is 112 Å². The second-order valence-electron chi connectivity index (χ2n) is 4.79. The van der Waals surface area contributed by atoms with Gasteiger partial charge in [-0.15, -0.1) is 11.3 Å². The minimum Gasteiger partial charge on any atom is -0.391 e. The molecule has 102 valence electrons. The van der Waals surface area contributed by atoms with Crippen molar-refractivity contribution < 1.29 is 13.5 Å². The van der Waals surface area contributed by atoms with Gasteiger partial charge in [-0.2, -0.15) is 4.31 Å². The van der Waals surface area contributed by atoms with Crippen LogP contribution in [0.4, 0.5) is 0 Å². The molecule has 2 heterocycles. The Morgan fingerprint density at radius 3 is 2.83 bits per heavy atom. The molecule has 0 bridgehead atoms. The summed E-state index contributed by atoms with van der Waals surface area (Å²) in [5, 5.41) is 11.1. The summed E-state index contributed by atoms with van der Waals surface area (Å²) in [5.74, 6) is 0. The molecule has 1 aliphatic rings. The van der Waals surface area contributed by atoms with Crippen LogP contribution in [0.3, 0.4) is 0 Å². The summed E-state index contributed by atoms with van der Waals surface area (Å²) >= 11 is 1.31. The molecule has 1 aromatic heterocycles. The molecule has 1 saturated heterocycles. The highest BCUT2D eigenvalue weighted by Gasteiger charge is 2.34. The smallest absolute Gasteiger partial charge is 0.244 e. The molecule has 1 fully saturated rings. The molecule has 0 aromatic carbocycles. The number of thiophene rings is 1. The second-order valence-corrected chi connectivity index (χ2v) is 7.58. The zero-order chi connectivity index (χ0) is 13.3. The summed E-state index contributed by atoms with van der Waals surface area (Å²) in [5.41, 5.74) is 0.738. The molecule has 1 unspecified atom stereocenters. The lowest BCUT2D eigenvalue weighted by Gasteiger charge is -2.32. The van der Waals surface area contributed by atoms with Crippen LogP contribution in [0.1, 0.15) is 36.6 Å². The van der Waals surface area contributed by atoms with Gasteiger partial charge in [0.15, 0.2) is 0 Å². The van der Waals surface area contributed by atoms with Gasteiger partial charge in [-0.1, -0.05) is 6.42 Å². The fourth-order valence-corrected chi connectivity index (χ4v) is 5.80. The lowest BCUT2D eigenvalue weighted by molar-refractivity contribution is 0.265. The summed E-state index contributed by atoms with van der Waals surface area (Å²) in [4.78, 5) is 0.869. The van der Waals surface area contributed by atoms with E-state index in [0.29, 0.717) is 16.3 Å². The maximum absolute atomic E-state index is 12.7. The largest absolute Gasteiger partial charge is 0.391 e. The monoisotopic (exact) mass is 289 g/mol. The van der Waals surface area contributed by atoms with Crippen LogP contribution in [0.2, 0.25) is 0 Å². The first-order valence-corrected chi connectivity index (χ1v) is 8.50. The van der Waals surface area contributed by atoms with Gasteiger partial charge in [-0.3, -0.25) is 0 Å². The van der Waals surface area contributed by atoms with E-state index in [2.05, 4.69) is 0 Å². The highest BCUT2D eigenvalue weighted by Crippen LogP contribution is 2.32. The average Bonchev–Trinajstić information content (AvgIpc) is 2.71. The van der Waals surface area contributed by atoms with E-state index in [4.69, 9.17) is 0 Å². The van der Waals surface area contributed by atoms with Gasteiger partial charge in [0.2, 0.25) is 10.0 Å². The molecular weight excluding hydrogens is 270 g/mol. The van der Waals surface area contributed by atoms with Crippen LogP contribution >= 0.6 is 11.3 Å². The molecule has 0 spiro atoms. The van der Waals surface area contributed by atoms with E-state index in [1.807, 2.05) is 6.92 Å². The van der Waals surface area contributed by atoms with Gasteiger partial charge < -0.3 is 5.11 Å². The lowest BCUT2D eigenvalue weighted by Crippen LogP contribution is -2.42. The van der Waals surface area contributed by atoms with Crippen molar-refractivity contribution in [2.45, 2.75) is 50.7 Å². The van der Waals surface area contributed by atoms with Crippen LogP contribution in [0.15, 0.2) is 10.3 Å². The van der Waals surface area contributed by atoms with Crippen LogP contribution in [0.5, 0.6) is 0 Å². The maximum atomic E-state index is 12.7. The molecular formula is C12H19NO3S2. The first-order chi connectivity index (χ1) is 8.48. The van der Waals surface area contributed by atoms with Gasteiger partial charge in [0.05, 0.1) is 11.5 Å². The molecule has 0 amide bonds. The standard InChI is InChI=1S/C12H19NO3S2/c1-9-8-17-11(7-14)12(9)18(15,16)13-6-4-3-5-10(13)2/h8,10,14H,3-7H2,1-2H3. The quantitative estimate of drug-likeness (QED) is 0.927. The van der Waals surface area contributed by atoms with E-state index in [9.17, 15) is 13.5 Å². The van der Waals surface area contributed by atoms with Gasteiger partial charge in [-0.05, 0) is 37.6 Å². The third-order valence-corrected chi connectivity index (χ3v) is 6.90. The molecule has 1 N–H and O–H groups in total. The zero-order valence-electron chi connectivity index (χ0n) is 10.7. The van der Waals surface area contributed by atoms with Crippen LogP contribution in [-0.2, 0) is 16.6 Å².